The van der Waals surface area contributed by atoms with E-state index in [1.54, 1.807) is 0 Å². The van der Waals surface area contributed by atoms with E-state index in [-0.39, 0.29) is 36.7 Å². The van der Waals surface area contributed by atoms with Crippen LogP contribution in [-0.4, -0.2) is 54.2 Å². The Morgan fingerprint density at radius 2 is 1.91 bits per heavy atom. The van der Waals surface area contributed by atoms with Crippen LogP contribution in [0, 0.1) is 5.92 Å². The Morgan fingerprint density at radius 3 is 2.76 bits per heavy atom. The van der Waals surface area contributed by atoms with E-state index in [4.69, 9.17) is 9.47 Å². The van der Waals surface area contributed by atoms with Gasteiger partial charge in [0.25, 0.3) is 0 Å². The highest BCUT2D eigenvalue weighted by Gasteiger charge is 2.49. The van der Waals surface area contributed by atoms with Gasteiger partial charge in [-0.2, -0.15) is 0 Å². The van der Waals surface area contributed by atoms with Crippen LogP contribution < -0.4 is 14.8 Å². The van der Waals surface area contributed by atoms with Gasteiger partial charge in [-0.3, -0.25) is 4.79 Å². The second kappa shape index (κ2) is 8.28. The van der Waals surface area contributed by atoms with Crippen LogP contribution in [0.4, 0.5) is 4.79 Å². The van der Waals surface area contributed by atoms with E-state index < -0.39 is 0 Å². The first kappa shape index (κ1) is 20.4. The number of urea groups is 1. The number of nitrogens with zero attached hydrogens (tertiary/aromatic N) is 2. The fourth-order valence-corrected chi connectivity index (χ4v) is 6.00. The summed E-state index contributed by atoms with van der Waals surface area (Å²) in [6.07, 6.45) is 4.12. The molecule has 33 heavy (non-hydrogen) atoms. The fourth-order valence-electron chi connectivity index (χ4n) is 6.00. The van der Waals surface area contributed by atoms with E-state index in [9.17, 15) is 9.59 Å². The molecule has 3 atom stereocenters. The number of benzene rings is 2. The summed E-state index contributed by atoms with van der Waals surface area (Å²) in [5, 5.41) is 3.10. The van der Waals surface area contributed by atoms with Crippen molar-refractivity contribution in [2.45, 2.75) is 44.2 Å². The van der Waals surface area contributed by atoms with Crippen molar-refractivity contribution < 1.29 is 19.1 Å². The van der Waals surface area contributed by atoms with Crippen molar-refractivity contribution in [2.75, 3.05) is 26.4 Å². The molecule has 4 aliphatic rings. The molecule has 0 radical (unpaired) electrons. The van der Waals surface area contributed by atoms with Gasteiger partial charge in [0.2, 0.25) is 12.7 Å². The molecule has 3 amide bonds. The summed E-state index contributed by atoms with van der Waals surface area (Å²) in [6.45, 7) is 2.26. The molecule has 2 fully saturated rings. The topological polar surface area (TPSA) is 71.1 Å². The van der Waals surface area contributed by atoms with Crippen LogP contribution in [0.15, 0.2) is 42.5 Å². The van der Waals surface area contributed by atoms with Gasteiger partial charge in [-0.15, -0.1) is 0 Å². The van der Waals surface area contributed by atoms with E-state index in [0.29, 0.717) is 13.1 Å². The second-order valence-electron chi connectivity index (χ2n) is 9.41. The quantitative estimate of drug-likeness (QED) is 0.784. The van der Waals surface area contributed by atoms with Crippen molar-refractivity contribution in [1.82, 2.24) is 15.1 Å². The summed E-state index contributed by atoms with van der Waals surface area (Å²) in [5.41, 5.74) is 3.57. The number of likely N-dealkylation sites (tertiary alicyclic amines) is 1. The zero-order chi connectivity index (χ0) is 22.4. The highest BCUT2D eigenvalue weighted by atomic mass is 16.7. The first-order chi connectivity index (χ1) is 16.2. The lowest BCUT2D eigenvalue weighted by Gasteiger charge is -2.51. The maximum absolute atomic E-state index is 13.5. The summed E-state index contributed by atoms with van der Waals surface area (Å²) in [7, 11) is 0. The molecule has 0 unspecified atom stereocenters. The highest BCUT2D eigenvalue weighted by molar-refractivity contribution is 5.83. The first-order valence-electron chi connectivity index (χ1n) is 12.0. The molecule has 172 valence electrons. The predicted molar refractivity (Wildman–Crippen MR) is 122 cm³/mol. The molecule has 6 rings (SSSR count). The van der Waals surface area contributed by atoms with E-state index in [1.165, 1.54) is 11.1 Å². The third-order valence-corrected chi connectivity index (χ3v) is 7.63. The molecule has 0 aromatic heterocycles. The third-order valence-electron chi connectivity index (χ3n) is 7.63. The molecule has 4 heterocycles. The van der Waals surface area contributed by atoms with Gasteiger partial charge in [-0.05, 0) is 60.9 Å². The maximum atomic E-state index is 13.5. The molecular weight excluding hydrogens is 418 g/mol. The molecule has 0 bridgehead atoms. The number of piperidine rings is 2. The van der Waals surface area contributed by atoms with Crippen LogP contribution in [0.3, 0.4) is 0 Å². The number of nitrogens with one attached hydrogen (secondary N) is 1. The lowest BCUT2D eigenvalue weighted by Crippen LogP contribution is -2.61. The molecule has 2 aromatic rings. The van der Waals surface area contributed by atoms with Crippen molar-refractivity contribution in [3.8, 4) is 11.5 Å². The Kier molecular flexibility index (Phi) is 5.12. The van der Waals surface area contributed by atoms with Gasteiger partial charge in [0.05, 0.1) is 12.0 Å². The lowest BCUT2D eigenvalue weighted by molar-refractivity contribution is -0.148. The fraction of sp³-hybridized carbons (Fsp3) is 0.462. The minimum Gasteiger partial charge on any atom is -0.454 e. The summed E-state index contributed by atoms with van der Waals surface area (Å²) in [5.74, 6) is 1.63. The minimum atomic E-state index is -0.106. The molecule has 4 aliphatic heterocycles. The minimum absolute atomic E-state index is 0.0188. The van der Waals surface area contributed by atoms with Gasteiger partial charge in [0.1, 0.15) is 0 Å². The Balaban J connectivity index is 1.21. The monoisotopic (exact) mass is 447 g/mol. The molecule has 7 heteroatoms. The van der Waals surface area contributed by atoms with Gasteiger partial charge >= 0.3 is 6.03 Å². The van der Waals surface area contributed by atoms with Crippen LogP contribution in [0.1, 0.15) is 42.0 Å². The molecule has 2 saturated heterocycles. The van der Waals surface area contributed by atoms with Crippen molar-refractivity contribution in [3.63, 3.8) is 0 Å². The summed E-state index contributed by atoms with van der Waals surface area (Å²) in [6, 6.07) is 14.2. The van der Waals surface area contributed by atoms with Crippen LogP contribution in [-0.2, 0) is 17.6 Å². The molecule has 0 spiro atoms. The molecular formula is C26H29N3O4. The Morgan fingerprint density at radius 1 is 1.09 bits per heavy atom. The summed E-state index contributed by atoms with van der Waals surface area (Å²) in [4.78, 5) is 30.6. The number of hydrogen-bond donors (Lipinski definition) is 1. The van der Waals surface area contributed by atoms with Gasteiger partial charge in [-0.1, -0.05) is 30.3 Å². The molecule has 1 N–H and O–H groups in total. The highest BCUT2D eigenvalue weighted by Crippen LogP contribution is 2.46. The number of ether oxygens (including phenoxy) is 2. The standard InChI is InChI=1S/C26H29N3O4/c30-25-19-7-4-11-29(26(31)27-10-8-17-5-2-1-3-6-17)21(19)15-22-20-14-24-23(32-16-33-24)13-18(20)9-12-28(22)25/h1-3,5-6,13-14,19,21-22H,4,7-12,15-16H2,(H,27,31)/t19-,21-,22+/m0/s1. The average molecular weight is 448 g/mol. The zero-order valence-corrected chi connectivity index (χ0v) is 18.7. The van der Waals surface area contributed by atoms with E-state index in [1.807, 2.05) is 28.0 Å². The van der Waals surface area contributed by atoms with E-state index in [0.717, 1.165) is 55.7 Å². The van der Waals surface area contributed by atoms with Crippen molar-refractivity contribution in [2.24, 2.45) is 5.92 Å². The normalized spacial score (nSPS) is 25.2. The maximum Gasteiger partial charge on any atom is 0.317 e. The molecule has 0 aliphatic carbocycles. The average Bonchev–Trinajstić information content (AvgIpc) is 3.30. The van der Waals surface area contributed by atoms with Crippen LogP contribution >= 0.6 is 0 Å². The van der Waals surface area contributed by atoms with Crippen LogP contribution in [0.25, 0.3) is 0 Å². The van der Waals surface area contributed by atoms with Crippen molar-refractivity contribution >= 4 is 11.9 Å². The Hall–Kier alpha value is -3.22. The second-order valence-corrected chi connectivity index (χ2v) is 9.41. The third kappa shape index (κ3) is 3.59. The number of carbonyl (C=O) groups excluding carboxylic acids is 2. The van der Waals surface area contributed by atoms with Crippen LogP contribution in [0.2, 0.25) is 0 Å². The molecule has 0 saturated carbocycles. The number of carbonyl (C=O) groups is 2. The number of fused-ring (bicyclic) bond motifs is 5. The predicted octanol–water partition coefficient (Wildman–Crippen LogP) is 3.28. The molecule has 2 aromatic carbocycles. The van der Waals surface area contributed by atoms with Crippen molar-refractivity contribution in [1.29, 1.82) is 0 Å². The SMILES string of the molecule is O=C1[C@H]2CCCN(C(=O)NCCc3ccccc3)[C@H]2C[C@@H]2c3cc4c(cc3CCN12)OCO4. The zero-order valence-electron chi connectivity index (χ0n) is 18.7. The number of rotatable bonds is 3. The Bertz CT molecular complexity index is 1070. The van der Waals surface area contributed by atoms with Gasteiger partial charge in [0.15, 0.2) is 11.5 Å². The van der Waals surface area contributed by atoms with E-state index in [2.05, 4.69) is 29.6 Å². The summed E-state index contributed by atoms with van der Waals surface area (Å²) >= 11 is 0. The smallest absolute Gasteiger partial charge is 0.317 e. The largest absolute Gasteiger partial charge is 0.454 e. The van der Waals surface area contributed by atoms with Crippen molar-refractivity contribution in [3.05, 3.63) is 59.2 Å². The lowest BCUT2D eigenvalue weighted by atomic mass is 9.76. The van der Waals surface area contributed by atoms with Crippen LogP contribution in [0.5, 0.6) is 11.5 Å². The summed E-state index contributed by atoms with van der Waals surface area (Å²) < 4.78 is 11.2. The first-order valence-corrected chi connectivity index (χ1v) is 12.0. The number of hydrogen-bond acceptors (Lipinski definition) is 4. The van der Waals surface area contributed by atoms with E-state index >= 15 is 0 Å². The number of amides is 3. The molecule has 7 nitrogen and oxygen atoms in total. The van der Waals surface area contributed by atoms with Gasteiger partial charge in [-0.25, -0.2) is 4.79 Å². The Labute approximate surface area is 193 Å². The van der Waals surface area contributed by atoms with Gasteiger partial charge in [0, 0.05) is 25.7 Å². The van der Waals surface area contributed by atoms with Gasteiger partial charge < -0.3 is 24.6 Å².